The summed E-state index contributed by atoms with van der Waals surface area (Å²) in [6, 6.07) is 22.3. The summed E-state index contributed by atoms with van der Waals surface area (Å²) < 4.78 is 7.45. The Morgan fingerprint density at radius 1 is 1.08 bits per heavy atom. The molecule has 2 heterocycles. The van der Waals surface area contributed by atoms with E-state index in [2.05, 4.69) is 0 Å². The number of carbonyl (C=O) groups excluding carboxylic acids is 1. The van der Waals surface area contributed by atoms with E-state index in [1.807, 2.05) is 30.3 Å². The number of phenols is 1. The van der Waals surface area contributed by atoms with Crippen molar-refractivity contribution in [3.05, 3.63) is 126 Å². The first-order chi connectivity index (χ1) is 17.5. The fourth-order valence-corrected chi connectivity index (χ4v) is 5.25. The molecule has 4 aromatic rings. The first kappa shape index (κ1) is 23.8. The van der Waals surface area contributed by atoms with Gasteiger partial charge in [-0.15, -0.1) is 0 Å². The maximum Gasteiger partial charge on any atom is 0.338 e. The van der Waals surface area contributed by atoms with Crippen LogP contribution in [-0.4, -0.2) is 22.2 Å². The maximum atomic E-state index is 13.7. The number of benzene rings is 3. The molecule has 36 heavy (non-hydrogen) atoms. The van der Waals surface area contributed by atoms with E-state index in [-0.39, 0.29) is 23.5 Å². The Kier molecular flexibility index (Phi) is 6.59. The zero-order chi connectivity index (χ0) is 25.2. The largest absolute Gasteiger partial charge is 0.508 e. The lowest BCUT2D eigenvalue weighted by atomic mass is 9.93. The molecule has 1 aliphatic rings. The molecule has 0 unspecified atom stereocenters. The molecule has 3 aromatic carbocycles. The van der Waals surface area contributed by atoms with Crippen LogP contribution in [0.4, 0.5) is 0 Å². The molecule has 1 aromatic heterocycles. The van der Waals surface area contributed by atoms with E-state index in [1.54, 1.807) is 66.1 Å². The third kappa shape index (κ3) is 4.51. The van der Waals surface area contributed by atoms with Gasteiger partial charge in [0.2, 0.25) is 0 Å². The van der Waals surface area contributed by atoms with Gasteiger partial charge in [-0.2, -0.15) is 0 Å². The molecule has 0 spiro atoms. The van der Waals surface area contributed by atoms with E-state index in [0.29, 0.717) is 25.6 Å². The van der Waals surface area contributed by atoms with Crippen LogP contribution in [-0.2, 0) is 9.53 Å². The Balaban J connectivity index is 1.82. The number of halogens is 1. The molecular weight excluding hydrogens is 496 g/mol. The van der Waals surface area contributed by atoms with Gasteiger partial charge in [-0.25, -0.2) is 9.79 Å². The normalized spacial score (nSPS) is 15.4. The zero-order valence-corrected chi connectivity index (χ0v) is 20.8. The van der Waals surface area contributed by atoms with E-state index in [4.69, 9.17) is 21.3 Å². The van der Waals surface area contributed by atoms with Gasteiger partial charge in [0, 0.05) is 10.6 Å². The fourth-order valence-electron chi connectivity index (χ4n) is 4.12. The number of phenolic OH excluding ortho intramolecular Hbond substituents is 1. The Morgan fingerprint density at radius 2 is 1.78 bits per heavy atom. The van der Waals surface area contributed by atoms with Gasteiger partial charge in [0.1, 0.15) is 5.75 Å². The Morgan fingerprint density at radius 3 is 2.44 bits per heavy atom. The van der Waals surface area contributed by atoms with E-state index < -0.39 is 12.0 Å². The Labute approximate surface area is 215 Å². The van der Waals surface area contributed by atoms with Crippen LogP contribution >= 0.6 is 22.9 Å². The zero-order valence-electron chi connectivity index (χ0n) is 19.2. The number of hydrogen-bond acceptors (Lipinski definition) is 6. The molecule has 1 atom stereocenters. The molecule has 180 valence electrons. The average Bonchev–Trinajstić information content (AvgIpc) is 3.20. The Bertz CT molecular complexity index is 1640. The third-order valence-corrected chi connectivity index (χ3v) is 6.99. The molecule has 5 rings (SSSR count). The summed E-state index contributed by atoms with van der Waals surface area (Å²) in [6.45, 7) is 1.92. The van der Waals surface area contributed by atoms with Gasteiger partial charge in [0.05, 0.1) is 28.5 Å². The highest BCUT2D eigenvalue weighted by Crippen LogP contribution is 2.35. The van der Waals surface area contributed by atoms with Crippen LogP contribution in [0.5, 0.6) is 5.75 Å². The fraction of sp³-hybridized carbons (Fsp3) is 0.107. The van der Waals surface area contributed by atoms with Crippen LogP contribution in [0, 0.1) is 0 Å². The molecule has 0 bridgehead atoms. The second-order valence-corrected chi connectivity index (χ2v) is 9.52. The van der Waals surface area contributed by atoms with Crippen LogP contribution in [0.1, 0.15) is 29.7 Å². The van der Waals surface area contributed by atoms with E-state index >= 15 is 0 Å². The van der Waals surface area contributed by atoms with Gasteiger partial charge in [-0.05, 0) is 48.4 Å². The van der Waals surface area contributed by atoms with Crippen molar-refractivity contribution in [1.82, 2.24) is 4.57 Å². The van der Waals surface area contributed by atoms with E-state index in [9.17, 15) is 14.7 Å². The summed E-state index contributed by atoms with van der Waals surface area (Å²) >= 11 is 7.39. The molecule has 1 aliphatic heterocycles. The van der Waals surface area contributed by atoms with Gasteiger partial charge >= 0.3 is 5.97 Å². The van der Waals surface area contributed by atoms with E-state index in [1.165, 1.54) is 11.3 Å². The monoisotopic (exact) mass is 516 g/mol. The minimum absolute atomic E-state index is 0.142. The first-order valence-electron chi connectivity index (χ1n) is 11.3. The van der Waals surface area contributed by atoms with Crippen molar-refractivity contribution < 1.29 is 14.6 Å². The van der Waals surface area contributed by atoms with Crippen molar-refractivity contribution in [2.75, 3.05) is 6.61 Å². The second kappa shape index (κ2) is 9.97. The molecular formula is C28H21ClN2O4S. The van der Waals surface area contributed by atoms with Crippen LogP contribution in [0.3, 0.4) is 0 Å². The molecule has 0 aliphatic carbocycles. The number of aromatic hydroxyl groups is 1. The number of hydrogen-bond donors (Lipinski definition) is 1. The van der Waals surface area contributed by atoms with Crippen molar-refractivity contribution >= 4 is 40.7 Å². The molecule has 0 radical (unpaired) electrons. The van der Waals surface area contributed by atoms with Gasteiger partial charge in [0.25, 0.3) is 5.56 Å². The van der Waals surface area contributed by atoms with Gasteiger partial charge < -0.3 is 9.84 Å². The Hall–Kier alpha value is -3.94. The lowest BCUT2D eigenvalue weighted by Crippen LogP contribution is -2.40. The smallest absolute Gasteiger partial charge is 0.338 e. The minimum atomic E-state index is -0.755. The minimum Gasteiger partial charge on any atom is -0.508 e. The summed E-state index contributed by atoms with van der Waals surface area (Å²) in [7, 11) is 0. The topological polar surface area (TPSA) is 80.9 Å². The van der Waals surface area contributed by atoms with Gasteiger partial charge in [-0.1, -0.05) is 77.5 Å². The molecule has 0 saturated carbocycles. The van der Waals surface area contributed by atoms with Gasteiger partial charge in [-0.3, -0.25) is 9.36 Å². The number of nitrogens with zero attached hydrogens (tertiary/aromatic N) is 2. The predicted octanol–water partition coefficient (Wildman–Crippen LogP) is 4.29. The van der Waals surface area contributed by atoms with Crippen LogP contribution in [0.25, 0.3) is 11.8 Å². The number of ether oxygens (including phenoxy) is 1. The number of esters is 1. The van der Waals surface area contributed by atoms with E-state index in [0.717, 1.165) is 11.1 Å². The second-order valence-electron chi connectivity index (χ2n) is 8.07. The molecule has 8 heteroatoms. The number of carbonyl (C=O) groups is 1. The summed E-state index contributed by atoms with van der Waals surface area (Å²) in [6.07, 6.45) is 1.75. The van der Waals surface area contributed by atoms with Crippen LogP contribution < -0.4 is 14.9 Å². The highest BCUT2D eigenvalue weighted by molar-refractivity contribution is 7.07. The molecule has 0 amide bonds. The van der Waals surface area contributed by atoms with Crippen molar-refractivity contribution in [1.29, 1.82) is 0 Å². The third-order valence-electron chi connectivity index (χ3n) is 5.75. The van der Waals surface area contributed by atoms with Gasteiger partial charge in [0.15, 0.2) is 4.80 Å². The van der Waals surface area contributed by atoms with Crippen molar-refractivity contribution in [3.63, 3.8) is 0 Å². The number of aromatic nitrogens is 1. The molecule has 6 nitrogen and oxygen atoms in total. The average molecular weight is 517 g/mol. The lowest BCUT2D eigenvalue weighted by Gasteiger charge is -2.25. The van der Waals surface area contributed by atoms with Crippen molar-refractivity contribution in [2.24, 2.45) is 4.99 Å². The molecule has 0 saturated heterocycles. The maximum absolute atomic E-state index is 13.7. The standard InChI is InChI=1S/C28H21ClN2O4S/c1-2-35-27(34)23-24(18-6-4-3-5-7-18)30-28-31(25(23)19-10-12-20(29)13-11-19)26(33)22(36-28)16-17-8-14-21(32)15-9-17/h3-16,25,32H,2H2,1H3/t25-/m1/s1. The summed E-state index contributed by atoms with van der Waals surface area (Å²) in [5.74, 6) is -0.393. The quantitative estimate of drug-likeness (QED) is 0.401. The SMILES string of the molecule is CCOC(=O)C1=C(c2ccccc2)N=c2sc(=Cc3ccc(O)cc3)c(=O)n2[C@@H]1c1ccc(Cl)cc1. The summed E-state index contributed by atoms with van der Waals surface area (Å²) in [5.41, 5.74) is 2.69. The number of rotatable bonds is 5. The van der Waals surface area contributed by atoms with Crippen LogP contribution in [0.2, 0.25) is 5.02 Å². The summed E-state index contributed by atoms with van der Waals surface area (Å²) in [4.78, 5) is 32.4. The molecule has 0 fully saturated rings. The highest BCUT2D eigenvalue weighted by Gasteiger charge is 2.35. The van der Waals surface area contributed by atoms with Crippen molar-refractivity contribution in [3.8, 4) is 5.75 Å². The first-order valence-corrected chi connectivity index (χ1v) is 12.5. The number of fused-ring (bicyclic) bond motifs is 1. The lowest BCUT2D eigenvalue weighted by molar-refractivity contribution is -0.138. The van der Waals surface area contributed by atoms with Crippen LogP contribution in [0.15, 0.2) is 94.2 Å². The predicted molar refractivity (Wildman–Crippen MR) is 141 cm³/mol. The molecule has 1 N–H and O–H groups in total. The summed E-state index contributed by atoms with van der Waals surface area (Å²) in [5, 5.41) is 10.1. The number of thiazole rings is 1. The highest BCUT2D eigenvalue weighted by atomic mass is 35.5. The van der Waals surface area contributed by atoms with Crippen molar-refractivity contribution in [2.45, 2.75) is 13.0 Å².